The Morgan fingerprint density at radius 2 is 2.12 bits per heavy atom. The molecule has 0 amide bonds. The van der Waals surface area contributed by atoms with Crippen molar-refractivity contribution in [3.05, 3.63) is 15.6 Å². The molecule has 0 radical (unpaired) electrons. The molecule has 1 aromatic heterocycles. The predicted molar refractivity (Wildman–Crippen MR) is 60.6 cm³/mol. The van der Waals surface area contributed by atoms with Gasteiger partial charge in [-0.3, -0.25) is 4.79 Å². The Morgan fingerprint density at radius 1 is 1.44 bits per heavy atom. The van der Waals surface area contributed by atoms with E-state index in [0.29, 0.717) is 26.1 Å². The number of aromatic nitrogens is 1. The summed E-state index contributed by atoms with van der Waals surface area (Å²) in [7, 11) is 0. The third-order valence-corrected chi connectivity index (χ3v) is 3.58. The fourth-order valence-corrected chi connectivity index (χ4v) is 2.53. The van der Waals surface area contributed by atoms with Gasteiger partial charge < -0.3 is 9.47 Å². The van der Waals surface area contributed by atoms with Crippen molar-refractivity contribution in [2.45, 2.75) is 33.0 Å². The van der Waals surface area contributed by atoms with Crippen LogP contribution in [0.3, 0.4) is 0 Å². The van der Waals surface area contributed by atoms with Gasteiger partial charge in [-0.2, -0.15) is 0 Å². The molecule has 0 saturated carbocycles. The van der Waals surface area contributed by atoms with Crippen molar-refractivity contribution in [2.75, 3.05) is 13.2 Å². The molecule has 1 saturated heterocycles. The second kappa shape index (κ2) is 5.03. The number of thiazole rings is 1. The molecule has 0 aromatic carbocycles. The van der Waals surface area contributed by atoms with Gasteiger partial charge >= 0.3 is 0 Å². The van der Waals surface area contributed by atoms with Crippen LogP contribution in [-0.4, -0.2) is 30.3 Å². The number of ether oxygens (including phenoxy) is 2. The van der Waals surface area contributed by atoms with Gasteiger partial charge in [-0.15, -0.1) is 11.3 Å². The summed E-state index contributed by atoms with van der Waals surface area (Å²) in [4.78, 5) is 17.2. The van der Waals surface area contributed by atoms with Crippen molar-refractivity contribution >= 4 is 17.1 Å². The third kappa shape index (κ3) is 2.87. The van der Waals surface area contributed by atoms with E-state index in [1.807, 2.05) is 13.8 Å². The molecule has 5 heteroatoms. The van der Waals surface area contributed by atoms with Gasteiger partial charge in [-0.05, 0) is 13.8 Å². The lowest BCUT2D eigenvalue weighted by Crippen LogP contribution is -2.15. The summed E-state index contributed by atoms with van der Waals surface area (Å²) in [6, 6.07) is 0. The first kappa shape index (κ1) is 11.7. The van der Waals surface area contributed by atoms with Crippen molar-refractivity contribution in [1.29, 1.82) is 0 Å². The molecule has 0 spiro atoms. The Bertz CT molecular complexity index is 363. The minimum Gasteiger partial charge on any atom is -0.350 e. The summed E-state index contributed by atoms with van der Waals surface area (Å²) in [6.45, 7) is 5.16. The molecule has 0 aliphatic carbocycles. The minimum absolute atomic E-state index is 0.126. The second-order valence-electron chi connectivity index (χ2n) is 3.84. The Hall–Kier alpha value is -0.780. The van der Waals surface area contributed by atoms with E-state index in [2.05, 4.69) is 4.98 Å². The molecule has 4 nitrogen and oxygen atoms in total. The maximum Gasteiger partial charge on any atom is 0.164 e. The van der Waals surface area contributed by atoms with E-state index in [1.54, 1.807) is 11.3 Å². The number of aryl methyl sites for hydroxylation is 2. The molecule has 0 atom stereocenters. The lowest BCUT2D eigenvalue weighted by molar-refractivity contribution is -0.126. The van der Waals surface area contributed by atoms with E-state index in [9.17, 15) is 4.79 Å². The molecule has 0 N–H and O–H groups in total. The Morgan fingerprint density at radius 3 is 2.69 bits per heavy atom. The number of carbonyl (C=O) groups excluding carboxylic acids is 1. The lowest BCUT2D eigenvalue weighted by atomic mass is 10.2. The first-order valence-electron chi connectivity index (χ1n) is 5.33. The molecule has 88 valence electrons. The number of ketones is 1. The Kier molecular flexibility index (Phi) is 3.68. The highest BCUT2D eigenvalue weighted by molar-refractivity contribution is 7.11. The molecule has 0 unspecified atom stereocenters. The molecule has 1 aliphatic heterocycles. The zero-order valence-electron chi connectivity index (χ0n) is 9.49. The van der Waals surface area contributed by atoms with Gasteiger partial charge in [-0.1, -0.05) is 0 Å². The smallest absolute Gasteiger partial charge is 0.164 e. The molecular formula is C11H15NO3S. The summed E-state index contributed by atoms with van der Waals surface area (Å²) in [5.74, 6) is 0.126. The van der Waals surface area contributed by atoms with E-state index in [1.165, 1.54) is 4.88 Å². The highest BCUT2D eigenvalue weighted by atomic mass is 32.1. The monoisotopic (exact) mass is 241 g/mol. The van der Waals surface area contributed by atoms with E-state index in [-0.39, 0.29) is 12.1 Å². The summed E-state index contributed by atoms with van der Waals surface area (Å²) in [5, 5.41) is 0.887. The normalized spacial score (nSPS) is 16.9. The highest BCUT2D eigenvalue weighted by Gasteiger charge is 2.20. The van der Waals surface area contributed by atoms with E-state index in [0.717, 1.165) is 10.7 Å². The third-order valence-electron chi connectivity index (χ3n) is 2.51. The highest BCUT2D eigenvalue weighted by Crippen LogP contribution is 2.18. The molecule has 1 aliphatic rings. The van der Waals surface area contributed by atoms with Crippen LogP contribution in [0.4, 0.5) is 0 Å². The van der Waals surface area contributed by atoms with Gasteiger partial charge in [0.05, 0.1) is 31.7 Å². The van der Waals surface area contributed by atoms with Gasteiger partial charge in [-0.25, -0.2) is 4.98 Å². The first-order valence-corrected chi connectivity index (χ1v) is 6.14. The summed E-state index contributed by atoms with van der Waals surface area (Å²) >= 11 is 1.59. The van der Waals surface area contributed by atoms with Crippen molar-refractivity contribution in [1.82, 2.24) is 4.98 Å². The van der Waals surface area contributed by atoms with Gasteiger partial charge in [0.25, 0.3) is 0 Å². The largest absolute Gasteiger partial charge is 0.350 e. The number of Topliss-reactive ketones (excluding diaryl/α,β-unsaturated/α-hetero) is 1. The number of rotatable bonds is 4. The van der Waals surface area contributed by atoms with Crippen molar-refractivity contribution in [3.8, 4) is 0 Å². The number of nitrogens with zero attached hydrogens (tertiary/aromatic N) is 1. The molecule has 2 heterocycles. The summed E-state index contributed by atoms with van der Waals surface area (Å²) < 4.78 is 10.5. The average Bonchev–Trinajstić information content (AvgIpc) is 2.78. The fraction of sp³-hybridized carbons (Fsp3) is 0.636. The Labute approximate surface area is 98.6 Å². The topological polar surface area (TPSA) is 48.4 Å². The summed E-state index contributed by atoms with van der Waals surface area (Å²) in [5.41, 5.74) is 1.01. The SMILES string of the molecule is Cc1nc(CC(=O)CC2OCCO2)sc1C. The summed E-state index contributed by atoms with van der Waals surface area (Å²) in [6.07, 6.45) is 0.384. The average molecular weight is 241 g/mol. The van der Waals surface area contributed by atoms with Crippen LogP contribution in [0.15, 0.2) is 0 Å². The molecular weight excluding hydrogens is 226 g/mol. The van der Waals surface area contributed by atoms with Crippen LogP contribution in [0.1, 0.15) is 22.0 Å². The Balaban J connectivity index is 1.86. The molecule has 1 fully saturated rings. The van der Waals surface area contributed by atoms with Crippen LogP contribution in [0.5, 0.6) is 0 Å². The molecule has 1 aromatic rings. The van der Waals surface area contributed by atoms with Crippen molar-refractivity contribution in [2.24, 2.45) is 0 Å². The lowest BCUT2D eigenvalue weighted by Gasteiger charge is -2.06. The molecule has 2 rings (SSSR count). The van der Waals surface area contributed by atoms with Crippen LogP contribution in [-0.2, 0) is 20.7 Å². The zero-order valence-corrected chi connectivity index (χ0v) is 10.3. The first-order chi connectivity index (χ1) is 7.65. The maximum atomic E-state index is 11.7. The minimum atomic E-state index is -0.338. The predicted octanol–water partition coefficient (Wildman–Crippen LogP) is 1.63. The fourth-order valence-electron chi connectivity index (χ4n) is 1.57. The van der Waals surface area contributed by atoms with E-state index in [4.69, 9.17) is 9.47 Å². The van der Waals surface area contributed by atoms with Gasteiger partial charge in [0.15, 0.2) is 6.29 Å². The van der Waals surface area contributed by atoms with Gasteiger partial charge in [0, 0.05) is 4.88 Å². The number of hydrogen-bond acceptors (Lipinski definition) is 5. The van der Waals surface area contributed by atoms with E-state index < -0.39 is 0 Å². The standard InChI is InChI=1S/C11H15NO3S/c1-7-8(2)16-10(12-7)5-9(13)6-11-14-3-4-15-11/h11H,3-6H2,1-2H3. The second-order valence-corrected chi connectivity index (χ2v) is 5.13. The van der Waals surface area contributed by atoms with Crippen molar-refractivity contribution in [3.63, 3.8) is 0 Å². The molecule has 0 bridgehead atoms. The van der Waals surface area contributed by atoms with Gasteiger partial charge in [0.1, 0.15) is 10.8 Å². The number of hydrogen-bond donors (Lipinski definition) is 0. The molecule has 16 heavy (non-hydrogen) atoms. The van der Waals surface area contributed by atoms with Crippen LogP contribution in [0.2, 0.25) is 0 Å². The van der Waals surface area contributed by atoms with Crippen molar-refractivity contribution < 1.29 is 14.3 Å². The van der Waals surface area contributed by atoms with Crippen LogP contribution in [0, 0.1) is 13.8 Å². The van der Waals surface area contributed by atoms with Crippen LogP contribution >= 0.6 is 11.3 Å². The van der Waals surface area contributed by atoms with E-state index >= 15 is 0 Å². The maximum absolute atomic E-state index is 11.7. The van der Waals surface area contributed by atoms with Gasteiger partial charge in [0.2, 0.25) is 0 Å². The number of carbonyl (C=O) groups is 1. The zero-order chi connectivity index (χ0) is 11.5. The van der Waals surface area contributed by atoms with Crippen LogP contribution < -0.4 is 0 Å². The quantitative estimate of drug-likeness (QED) is 0.804. The van der Waals surface area contributed by atoms with Crippen LogP contribution in [0.25, 0.3) is 0 Å².